The fourth-order valence-electron chi connectivity index (χ4n) is 2.87. The van der Waals surface area contributed by atoms with Crippen LogP contribution in [0.1, 0.15) is 12.0 Å². The van der Waals surface area contributed by atoms with Crippen molar-refractivity contribution in [2.24, 2.45) is 5.92 Å². The number of aromatic hydroxyl groups is 1. The number of hydrogen-bond acceptors (Lipinski definition) is 5. The topological polar surface area (TPSA) is 98.7 Å². The van der Waals surface area contributed by atoms with Gasteiger partial charge in [0.05, 0.1) is 0 Å². The van der Waals surface area contributed by atoms with E-state index in [-0.39, 0.29) is 13.0 Å². The van der Waals surface area contributed by atoms with Crippen LogP contribution in [0.5, 0.6) is 5.75 Å². The molecule has 0 radical (unpaired) electrons. The number of nitrogens with one attached hydrogen (secondary N) is 2. The maximum atomic E-state index is 14.4. The monoisotopic (exact) mass is 365 g/mol. The van der Waals surface area contributed by atoms with Crippen LogP contribution in [-0.4, -0.2) is 39.1 Å². The Morgan fingerprint density at radius 2 is 2.04 bits per heavy atom. The highest BCUT2D eigenvalue weighted by Crippen LogP contribution is 2.43. The lowest BCUT2D eigenvalue weighted by molar-refractivity contribution is -0.117. The minimum Gasteiger partial charge on any atom is -0.506 e. The van der Waals surface area contributed by atoms with E-state index in [1.54, 1.807) is 4.72 Å². The summed E-state index contributed by atoms with van der Waals surface area (Å²) in [6.45, 7) is -0.280. The van der Waals surface area contributed by atoms with Gasteiger partial charge in [-0.25, -0.2) is 22.2 Å². The Hall–Kier alpha value is -2.01. The normalized spacial score (nSPS) is 23.5. The fraction of sp³-hybridized carbons (Fsp3) is 0.462. The van der Waals surface area contributed by atoms with Crippen LogP contribution in [0.3, 0.4) is 0 Å². The molecule has 1 aromatic rings. The molecule has 1 atom stereocenters. The standard InChI is InChI=1S/C13H14F3N3O4S/c14-9-3-8(13(15,16)7-1-2-17-5-7)4-10(20)12(9)19-6-11(21)18-24(19,22)23/h3-4,7,17,20H,1-2,5-6H2,(H,18,21). The summed E-state index contributed by atoms with van der Waals surface area (Å²) in [7, 11) is -4.36. The molecule has 24 heavy (non-hydrogen) atoms. The first-order valence-corrected chi connectivity index (χ1v) is 8.52. The smallest absolute Gasteiger partial charge is 0.326 e. The van der Waals surface area contributed by atoms with Gasteiger partial charge in [-0.2, -0.15) is 8.42 Å². The molecule has 7 nitrogen and oxygen atoms in total. The van der Waals surface area contributed by atoms with Crippen LogP contribution in [0.25, 0.3) is 0 Å². The first-order chi connectivity index (χ1) is 11.1. The molecule has 132 valence electrons. The summed E-state index contributed by atoms with van der Waals surface area (Å²) in [6, 6.07) is 1.13. The molecular weight excluding hydrogens is 351 g/mol. The summed E-state index contributed by atoms with van der Waals surface area (Å²) >= 11 is 0. The van der Waals surface area contributed by atoms with Crippen molar-refractivity contribution in [3.63, 3.8) is 0 Å². The van der Waals surface area contributed by atoms with Crippen LogP contribution in [0.4, 0.5) is 18.9 Å². The number of phenolic OH excluding ortho intramolecular Hbond substituents is 1. The van der Waals surface area contributed by atoms with Gasteiger partial charge in [-0.15, -0.1) is 0 Å². The third kappa shape index (κ3) is 2.67. The molecule has 1 unspecified atom stereocenters. The van der Waals surface area contributed by atoms with Gasteiger partial charge in [0.15, 0.2) is 5.82 Å². The quantitative estimate of drug-likeness (QED) is 0.721. The highest BCUT2D eigenvalue weighted by molar-refractivity contribution is 7.92. The number of anilines is 1. The highest BCUT2D eigenvalue weighted by atomic mass is 32.2. The van der Waals surface area contributed by atoms with Gasteiger partial charge in [-0.1, -0.05) is 0 Å². The average molecular weight is 365 g/mol. The van der Waals surface area contributed by atoms with Crippen LogP contribution in [0.2, 0.25) is 0 Å². The average Bonchev–Trinajstić information content (AvgIpc) is 3.06. The maximum Gasteiger partial charge on any atom is 0.326 e. The van der Waals surface area contributed by atoms with E-state index in [0.29, 0.717) is 23.0 Å². The van der Waals surface area contributed by atoms with Crippen LogP contribution in [-0.2, 0) is 20.9 Å². The van der Waals surface area contributed by atoms with E-state index in [0.717, 1.165) is 0 Å². The Kier molecular flexibility index (Phi) is 3.87. The van der Waals surface area contributed by atoms with Crippen molar-refractivity contribution in [3.05, 3.63) is 23.5 Å². The molecule has 2 fully saturated rings. The molecule has 2 saturated heterocycles. The molecule has 1 amide bonds. The number of rotatable bonds is 3. The van der Waals surface area contributed by atoms with Crippen molar-refractivity contribution in [1.29, 1.82) is 0 Å². The Balaban J connectivity index is 2.02. The lowest BCUT2D eigenvalue weighted by Crippen LogP contribution is -2.31. The van der Waals surface area contributed by atoms with E-state index in [2.05, 4.69) is 5.32 Å². The number of nitrogens with zero attached hydrogens (tertiary/aromatic N) is 1. The van der Waals surface area contributed by atoms with E-state index < -0.39 is 57.3 Å². The predicted octanol–water partition coefficient (Wildman–Crippen LogP) is 0.414. The minimum absolute atomic E-state index is 0.0516. The summed E-state index contributed by atoms with van der Waals surface area (Å²) in [6.07, 6.45) is 0.191. The zero-order valence-corrected chi connectivity index (χ0v) is 13.0. The summed E-state index contributed by atoms with van der Waals surface area (Å²) in [5, 5.41) is 12.7. The molecule has 2 heterocycles. The minimum atomic E-state index is -4.36. The predicted molar refractivity (Wildman–Crippen MR) is 77.3 cm³/mol. The molecule has 3 N–H and O–H groups in total. The summed E-state index contributed by atoms with van der Waals surface area (Å²) < 4.78 is 68.5. The molecule has 0 aromatic heterocycles. The Bertz CT molecular complexity index is 771. The molecule has 1 aromatic carbocycles. The van der Waals surface area contributed by atoms with E-state index >= 15 is 0 Å². The van der Waals surface area contributed by atoms with Gasteiger partial charge >= 0.3 is 10.2 Å². The third-order valence-corrected chi connectivity index (χ3v) is 5.45. The van der Waals surface area contributed by atoms with Gasteiger partial charge < -0.3 is 10.4 Å². The van der Waals surface area contributed by atoms with Crippen LogP contribution >= 0.6 is 0 Å². The second kappa shape index (κ2) is 5.52. The lowest BCUT2D eigenvalue weighted by Gasteiger charge is -2.24. The van der Waals surface area contributed by atoms with Crippen LogP contribution in [0, 0.1) is 11.7 Å². The van der Waals surface area contributed by atoms with Crippen LogP contribution < -0.4 is 14.3 Å². The van der Waals surface area contributed by atoms with Gasteiger partial charge in [0.2, 0.25) is 0 Å². The number of hydrogen-bond donors (Lipinski definition) is 3. The zero-order valence-electron chi connectivity index (χ0n) is 12.2. The Morgan fingerprint density at radius 1 is 1.33 bits per heavy atom. The number of carbonyl (C=O) groups is 1. The Morgan fingerprint density at radius 3 is 2.54 bits per heavy atom. The Labute approximate surface area is 135 Å². The summed E-state index contributed by atoms with van der Waals surface area (Å²) in [4.78, 5) is 11.2. The molecule has 3 rings (SSSR count). The van der Waals surface area contributed by atoms with Crippen molar-refractivity contribution >= 4 is 21.8 Å². The van der Waals surface area contributed by atoms with Crippen molar-refractivity contribution in [2.75, 3.05) is 23.9 Å². The molecule has 0 aliphatic carbocycles. The van der Waals surface area contributed by atoms with E-state index in [1.165, 1.54) is 0 Å². The number of carbonyl (C=O) groups excluding carboxylic acids is 1. The zero-order chi connectivity index (χ0) is 17.7. The molecular formula is C13H14F3N3O4S. The molecule has 0 spiro atoms. The summed E-state index contributed by atoms with van der Waals surface area (Å²) in [5.74, 6) is -7.69. The van der Waals surface area contributed by atoms with Crippen molar-refractivity contribution in [2.45, 2.75) is 12.3 Å². The van der Waals surface area contributed by atoms with Crippen molar-refractivity contribution in [3.8, 4) is 5.75 Å². The van der Waals surface area contributed by atoms with Gasteiger partial charge in [-0.3, -0.25) is 4.79 Å². The molecule has 0 saturated carbocycles. The van der Waals surface area contributed by atoms with Gasteiger partial charge in [-0.05, 0) is 25.1 Å². The second-order valence-electron chi connectivity index (χ2n) is 5.68. The number of halogens is 3. The first-order valence-electron chi connectivity index (χ1n) is 7.08. The van der Waals surface area contributed by atoms with E-state index in [4.69, 9.17) is 0 Å². The molecule has 0 bridgehead atoms. The van der Waals surface area contributed by atoms with E-state index in [9.17, 15) is 31.5 Å². The molecule has 11 heteroatoms. The van der Waals surface area contributed by atoms with Gasteiger partial charge in [0.1, 0.15) is 18.0 Å². The number of phenols is 1. The van der Waals surface area contributed by atoms with Crippen molar-refractivity contribution in [1.82, 2.24) is 10.0 Å². The number of benzene rings is 1. The van der Waals surface area contributed by atoms with Crippen molar-refractivity contribution < 1.29 is 31.5 Å². The van der Waals surface area contributed by atoms with Gasteiger partial charge in [0, 0.05) is 18.0 Å². The van der Waals surface area contributed by atoms with Gasteiger partial charge in [0.25, 0.3) is 11.8 Å². The molecule has 2 aliphatic rings. The summed E-state index contributed by atoms with van der Waals surface area (Å²) in [5.41, 5.74) is -1.58. The fourth-order valence-corrected chi connectivity index (χ4v) is 4.04. The maximum absolute atomic E-state index is 14.4. The SMILES string of the molecule is O=C1CN(c2c(O)cc(C(F)(F)C3CCNC3)cc2F)S(=O)(=O)N1. The highest BCUT2D eigenvalue weighted by Gasteiger charge is 2.44. The number of alkyl halides is 2. The lowest BCUT2D eigenvalue weighted by atomic mass is 9.93. The first kappa shape index (κ1) is 16.8. The third-order valence-electron chi connectivity index (χ3n) is 4.07. The largest absolute Gasteiger partial charge is 0.506 e. The van der Waals surface area contributed by atoms with Crippen LogP contribution in [0.15, 0.2) is 12.1 Å². The number of amides is 1. The molecule has 2 aliphatic heterocycles. The second-order valence-corrected chi connectivity index (χ2v) is 7.27. The van der Waals surface area contributed by atoms with E-state index in [1.807, 2.05) is 0 Å².